The molecule has 7 heteroatoms. The zero-order valence-electron chi connectivity index (χ0n) is 10.4. The van der Waals surface area contributed by atoms with Gasteiger partial charge in [-0.3, -0.25) is 14.2 Å². The molecular formula is C13H9BrF2N2O2. The second-order valence-electron chi connectivity index (χ2n) is 4.09. The third-order valence-corrected chi connectivity index (χ3v) is 3.28. The van der Waals surface area contributed by atoms with Crippen LogP contribution in [0.5, 0.6) is 0 Å². The molecule has 0 spiro atoms. The van der Waals surface area contributed by atoms with E-state index in [4.69, 9.17) is 0 Å². The summed E-state index contributed by atoms with van der Waals surface area (Å²) in [5.41, 5.74) is -0.848. The van der Waals surface area contributed by atoms with Crippen molar-refractivity contribution < 1.29 is 13.6 Å². The van der Waals surface area contributed by atoms with E-state index < -0.39 is 35.1 Å². The number of carbonyl (C=O) groups is 1. The Kier molecular flexibility index (Phi) is 4.08. The van der Waals surface area contributed by atoms with Crippen LogP contribution in [-0.4, -0.2) is 15.3 Å². The molecule has 0 amide bonds. The van der Waals surface area contributed by atoms with Crippen LogP contribution in [0.3, 0.4) is 0 Å². The number of Topliss-reactive ketones (excluding diaryl/α,β-unsaturated/α-hetero) is 1. The third kappa shape index (κ3) is 2.82. The van der Waals surface area contributed by atoms with E-state index in [9.17, 15) is 18.4 Å². The predicted molar refractivity (Wildman–Crippen MR) is 71.6 cm³/mol. The molecule has 0 aliphatic carbocycles. The fourth-order valence-corrected chi connectivity index (χ4v) is 1.99. The van der Waals surface area contributed by atoms with Crippen molar-refractivity contribution in [2.45, 2.75) is 13.5 Å². The molecular weight excluding hydrogens is 334 g/mol. The van der Waals surface area contributed by atoms with Gasteiger partial charge in [0.1, 0.15) is 21.9 Å². The molecule has 0 atom stereocenters. The van der Waals surface area contributed by atoms with Crippen LogP contribution in [0.25, 0.3) is 0 Å². The van der Waals surface area contributed by atoms with Crippen molar-refractivity contribution in [3.05, 3.63) is 62.2 Å². The van der Waals surface area contributed by atoms with Gasteiger partial charge in [-0.2, -0.15) is 0 Å². The Morgan fingerprint density at radius 1 is 1.40 bits per heavy atom. The quantitative estimate of drug-likeness (QED) is 0.805. The van der Waals surface area contributed by atoms with Gasteiger partial charge in [0, 0.05) is 6.20 Å². The second kappa shape index (κ2) is 5.62. The lowest BCUT2D eigenvalue weighted by molar-refractivity contribution is 0.0965. The van der Waals surface area contributed by atoms with Crippen molar-refractivity contribution in [2.24, 2.45) is 0 Å². The third-order valence-electron chi connectivity index (χ3n) is 2.74. The summed E-state index contributed by atoms with van der Waals surface area (Å²) in [6, 6.07) is 2.60. The lowest BCUT2D eigenvalue weighted by Crippen LogP contribution is -2.28. The van der Waals surface area contributed by atoms with Crippen LogP contribution in [0.2, 0.25) is 0 Å². The lowest BCUT2D eigenvalue weighted by atomic mass is 10.1. The first-order chi connectivity index (χ1) is 9.40. The van der Waals surface area contributed by atoms with E-state index in [2.05, 4.69) is 20.9 Å². The van der Waals surface area contributed by atoms with E-state index in [0.717, 1.165) is 22.8 Å². The zero-order chi connectivity index (χ0) is 14.9. The van der Waals surface area contributed by atoms with Crippen LogP contribution in [0.4, 0.5) is 8.78 Å². The molecule has 0 fully saturated rings. The van der Waals surface area contributed by atoms with Crippen LogP contribution in [0, 0.1) is 18.6 Å². The maximum atomic E-state index is 13.5. The number of ketones is 1. The van der Waals surface area contributed by atoms with Gasteiger partial charge < -0.3 is 0 Å². The SMILES string of the molecule is Cc1ncc(Br)c(=O)n1CC(=O)c1cc(F)ccc1F. The first-order valence-electron chi connectivity index (χ1n) is 5.60. The number of aromatic nitrogens is 2. The molecule has 20 heavy (non-hydrogen) atoms. The minimum atomic E-state index is -0.829. The van der Waals surface area contributed by atoms with Gasteiger partial charge >= 0.3 is 0 Å². The Morgan fingerprint density at radius 2 is 2.10 bits per heavy atom. The molecule has 0 saturated heterocycles. The number of nitrogens with zero attached hydrogens (tertiary/aromatic N) is 2. The summed E-state index contributed by atoms with van der Waals surface area (Å²) in [7, 11) is 0. The van der Waals surface area contributed by atoms with Gasteiger partial charge in [-0.1, -0.05) is 0 Å². The molecule has 0 unspecified atom stereocenters. The Bertz CT molecular complexity index is 744. The van der Waals surface area contributed by atoms with E-state index in [1.165, 1.54) is 6.20 Å². The largest absolute Gasteiger partial charge is 0.292 e. The van der Waals surface area contributed by atoms with Crippen molar-refractivity contribution in [1.82, 2.24) is 9.55 Å². The molecule has 0 bridgehead atoms. The Morgan fingerprint density at radius 3 is 2.80 bits per heavy atom. The Hall–Kier alpha value is -1.89. The predicted octanol–water partition coefficient (Wildman–Crippen LogP) is 2.48. The number of hydrogen-bond donors (Lipinski definition) is 0. The van der Waals surface area contributed by atoms with Crippen LogP contribution in [0.15, 0.2) is 33.7 Å². The zero-order valence-corrected chi connectivity index (χ0v) is 11.9. The minimum absolute atomic E-state index is 0.190. The summed E-state index contributed by atoms with van der Waals surface area (Å²) in [6.45, 7) is 1.14. The topological polar surface area (TPSA) is 52.0 Å². The molecule has 0 saturated carbocycles. The monoisotopic (exact) mass is 342 g/mol. The molecule has 1 aromatic carbocycles. The van der Waals surface area contributed by atoms with E-state index in [1.54, 1.807) is 6.92 Å². The second-order valence-corrected chi connectivity index (χ2v) is 4.95. The fourth-order valence-electron chi connectivity index (χ4n) is 1.68. The highest BCUT2D eigenvalue weighted by Crippen LogP contribution is 2.12. The Labute approximate surface area is 121 Å². The van der Waals surface area contributed by atoms with Crippen LogP contribution < -0.4 is 5.56 Å². The normalized spacial score (nSPS) is 10.6. The van der Waals surface area contributed by atoms with Crippen molar-refractivity contribution in [2.75, 3.05) is 0 Å². The maximum absolute atomic E-state index is 13.5. The van der Waals surface area contributed by atoms with Gasteiger partial charge in [-0.05, 0) is 41.1 Å². The number of rotatable bonds is 3. The highest BCUT2D eigenvalue weighted by molar-refractivity contribution is 9.10. The molecule has 1 aromatic heterocycles. The molecule has 104 valence electrons. The summed E-state index contributed by atoms with van der Waals surface area (Å²) in [5, 5.41) is 0. The standard InChI is InChI=1S/C13H9BrF2N2O2/c1-7-17-5-10(14)13(20)18(7)6-12(19)9-4-8(15)2-3-11(9)16/h2-5H,6H2,1H3. The van der Waals surface area contributed by atoms with E-state index in [1.807, 2.05) is 0 Å². The molecule has 2 rings (SSSR count). The first kappa shape index (κ1) is 14.5. The van der Waals surface area contributed by atoms with Crippen molar-refractivity contribution >= 4 is 21.7 Å². The molecule has 0 aliphatic rings. The fraction of sp³-hybridized carbons (Fsp3) is 0.154. The van der Waals surface area contributed by atoms with E-state index in [-0.39, 0.29) is 4.47 Å². The van der Waals surface area contributed by atoms with Crippen LogP contribution in [-0.2, 0) is 6.54 Å². The van der Waals surface area contributed by atoms with Gasteiger partial charge in [0.25, 0.3) is 5.56 Å². The average molecular weight is 343 g/mol. The summed E-state index contributed by atoms with van der Waals surface area (Å²) in [5.74, 6) is -1.94. The molecule has 0 aliphatic heterocycles. The summed E-state index contributed by atoms with van der Waals surface area (Å²) >= 11 is 3.01. The molecule has 2 aromatic rings. The Balaban J connectivity index is 2.40. The van der Waals surface area contributed by atoms with E-state index in [0.29, 0.717) is 5.82 Å². The van der Waals surface area contributed by atoms with Gasteiger partial charge in [-0.15, -0.1) is 0 Å². The molecule has 4 nitrogen and oxygen atoms in total. The van der Waals surface area contributed by atoms with Gasteiger partial charge in [0.2, 0.25) is 0 Å². The van der Waals surface area contributed by atoms with Gasteiger partial charge in [-0.25, -0.2) is 13.8 Å². The summed E-state index contributed by atoms with van der Waals surface area (Å²) < 4.78 is 27.8. The highest BCUT2D eigenvalue weighted by Gasteiger charge is 2.16. The minimum Gasteiger partial charge on any atom is -0.292 e. The smallest absolute Gasteiger partial charge is 0.268 e. The lowest BCUT2D eigenvalue weighted by Gasteiger charge is -2.09. The van der Waals surface area contributed by atoms with Gasteiger partial charge in [0.15, 0.2) is 5.78 Å². The number of halogens is 3. The van der Waals surface area contributed by atoms with Crippen LogP contribution in [0.1, 0.15) is 16.2 Å². The summed E-state index contributed by atoms with van der Waals surface area (Å²) in [6.07, 6.45) is 1.32. The van der Waals surface area contributed by atoms with Crippen molar-refractivity contribution in [1.29, 1.82) is 0 Å². The maximum Gasteiger partial charge on any atom is 0.268 e. The van der Waals surface area contributed by atoms with Crippen molar-refractivity contribution in [3.63, 3.8) is 0 Å². The van der Waals surface area contributed by atoms with E-state index >= 15 is 0 Å². The summed E-state index contributed by atoms with van der Waals surface area (Å²) in [4.78, 5) is 27.8. The molecule has 1 heterocycles. The molecule has 0 N–H and O–H groups in total. The number of carbonyl (C=O) groups excluding carboxylic acids is 1. The molecule has 0 radical (unpaired) electrons. The average Bonchev–Trinajstić information content (AvgIpc) is 2.41. The van der Waals surface area contributed by atoms with Crippen LogP contribution >= 0.6 is 15.9 Å². The first-order valence-corrected chi connectivity index (χ1v) is 6.39. The van der Waals surface area contributed by atoms with Crippen molar-refractivity contribution in [3.8, 4) is 0 Å². The number of benzene rings is 1. The number of hydrogen-bond acceptors (Lipinski definition) is 3. The highest BCUT2D eigenvalue weighted by atomic mass is 79.9. The number of aryl methyl sites for hydroxylation is 1. The van der Waals surface area contributed by atoms with Gasteiger partial charge in [0.05, 0.1) is 12.1 Å².